The van der Waals surface area contributed by atoms with E-state index in [0.717, 1.165) is 24.5 Å². The van der Waals surface area contributed by atoms with Crippen LogP contribution in [0.5, 0.6) is 0 Å². The highest BCUT2D eigenvalue weighted by Gasteiger charge is 2.46. The van der Waals surface area contributed by atoms with Crippen LogP contribution in [0.3, 0.4) is 0 Å². The van der Waals surface area contributed by atoms with E-state index in [2.05, 4.69) is 0 Å². The van der Waals surface area contributed by atoms with E-state index in [1.807, 2.05) is 6.08 Å². The minimum atomic E-state index is -0.866. The summed E-state index contributed by atoms with van der Waals surface area (Å²) in [4.78, 5) is 25.1. The third kappa shape index (κ3) is 4.44. The summed E-state index contributed by atoms with van der Waals surface area (Å²) in [7, 11) is 0. The van der Waals surface area contributed by atoms with Gasteiger partial charge in [-0.25, -0.2) is 8.78 Å². The van der Waals surface area contributed by atoms with E-state index in [1.54, 1.807) is 4.90 Å². The van der Waals surface area contributed by atoms with Gasteiger partial charge in [0.2, 0.25) is 5.91 Å². The summed E-state index contributed by atoms with van der Waals surface area (Å²) in [6.45, 7) is 1.16. The van der Waals surface area contributed by atoms with Gasteiger partial charge >= 0.3 is 5.97 Å². The van der Waals surface area contributed by atoms with Gasteiger partial charge < -0.3 is 10.0 Å². The van der Waals surface area contributed by atoms with Crippen LogP contribution in [0.1, 0.15) is 44.1 Å². The number of carboxylic acid groups (broad SMARTS) is 1. The number of rotatable bonds is 5. The van der Waals surface area contributed by atoms with Gasteiger partial charge in [-0.3, -0.25) is 9.59 Å². The van der Waals surface area contributed by atoms with Crippen molar-refractivity contribution in [3.8, 4) is 0 Å². The Bertz CT molecular complexity index is 715. The number of carbonyl (C=O) groups is 2. The number of likely N-dealkylation sites (tertiary alicyclic amines) is 1. The maximum absolute atomic E-state index is 13.3. The molecular weight excluding hydrogens is 328 g/mol. The Morgan fingerprint density at radius 1 is 1.12 bits per heavy atom. The van der Waals surface area contributed by atoms with Gasteiger partial charge in [0.25, 0.3) is 0 Å². The normalized spacial score (nSPS) is 18.8. The quantitative estimate of drug-likeness (QED) is 0.883. The smallest absolute Gasteiger partial charge is 0.303 e. The number of halogens is 2. The number of piperidine rings is 1. The number of carbonyl (C=O) groups excluding carboxylic acids is 1. The van der Waals surface area contributed by atoms with Crippen LogP contribution in [0.2, 0.25) is 0 Å². The maximum Gasteiger partial charge on any atom is 0.303 e. The molecule has 1 saturated heterocycles. The lowest BCUT2D eigenvalue weighted by atomic mass is 9.95. The first-order valence-electron chi connectivity index (χ1n) is 8.51. The average molecular weight is 349 g/mol. The van der Waals surface area contributed by atoms with Crippen LogP contribution in [0, 0.1) is 17.0 Å². The Morgan fingerprint density at radius 3 is 2.36 bits per heavy atom. The Balaban J connectivity index is 1.54. The second-order valence-corrected chi connectivity index (χ2v) is 7.10. The van der Waals surface area contributed by atoms with Crippen LogP contribution in [0.25, 0.3) is 6.08 Å². The van der Waals surface area contributed by atoms with Gasteiger partial charge in [0.1, 0.15) is 0 Å². The molecule has 1 aromatic carbocycles. The van der Waals surface area contributed by atoms with Crippen molar-refractivity contribution in [3.05, 3.63) is 41.0 Å². The van der Waals surface area contributed by atoms with Crippen molar-refractivity contribution < 1.29 is 23.5 Å². The summed E-state index contributed by atoms with van der Waals surface area (Å²) in [5.41, 5.74) is 1.39. The lowest BCUT2D eigenvalue weighted by Crippen LogP contribution is -2.37. The van der Waals surface area contributed by atoms with Crippen LogP contribution < -0.4 is 0 Å². The number of benzene rings is 1. The zero-order valence-corrected chi connectivity index (χ0v) is 13.9. The van der Waals surface area contributed by atoms with Crippen LogP contribution in [0.4, 0.5) is 8.78 Å². The lowest BCUT2D eigenvalue weighted by molar-refractivity contribution is -0.139. The third-order valence-corrected chi connectivity index (χ3v) is 5.08. The third-order valence-electron chi connectivity index (χ3n) is 5.08. The van der Waals surface area contributed by atoms with Crippen molar-refractivity contribution >= 4 is 18.0 Å². The predicted octanol–water partition coefficient (Wildman–Crippen LogP) is 3.62. The molecule has 1 heterocycles. The first-order chi connectivity index (χ1) is 11.9. The summed E-state index contributed by atoms with van der Waals surface area (Å²) in [6.07, 6.45) is 5.21. The summed E-state index contributed by atoms with van der Waals surface area (Å²) in [6, 6.07) is 3.81. The number of hydrogen-bond acceptors (Lipinski definition) is 2. The molecule has 25 heavy (non-hydrogen) atoms. The Hall–Kier alpha value is -2.24. The molecule has 1 aliphatic heterocycles. The van der Waals surface area contributed by atoms with Crippen molar-refractivity contribution in [1.82, 2.24) is 4.90 Å². The second-order valence-electron chi connectivity index (χ2n) is 7.10. The van der Waals surface area contributed by atoms with E-state index in [4.69, 9.17) is 5.11 Å². The Morgan fingerprint density at radius 2 is 1.80 bits per heavy atom. The van der Waals surface area contributed by atoms with Crippen molar-refractivity contribution in [2.75, 3.05) is 13.1 Å². The zero-order valence-electron chi connectivity index (χ0n) is 13.9. The summed E-state index contributed by atoms with van der Waals surface area (Å²) >= 11 is 0. The van der Waals surface area contributed by atoms with Crippen molar-refractivity contribution in [3.63, 3.8) is 0 Å². The van der Waals surface area contributed by atoms with Gasteiger partial charge in [-0.2, -0.15) is 0 Å². The van der Waals surface area contributed by atoms with Gasteiger partial charge in [0.05, 0.1) is 6.42 Å². The number of hydrogen-bond donors (Lipinski definition) is 1. The Kier molecular flexibility index (Phi) is 4.88. The number of amides is 1. The van der Waals surface area contributed by atoms with E-state index in [1.165, 1.54) is 12.1 Å². The molecule has 6 heteroatoms. The van der Waals surface area contributed by atoms with Gasteiger partial charge in [0, 0.05) is 19.5 Å². The largest absolute Gasteiger partial charge is 0.481 e. The molecule has 0 radical (unpaired) electrons. The Labute approximate surface area is 145 Å². The highest BCUT2D eigenvalue weighted by molar-refractivity contribution is 5.79. The fraction of sp³-hybridized carbons (Fsp3) is 0.474. The molecule has 0 aromatic heterocycles. The molecule has 2 aliphatic rings. The van der Waals surface area contributed by atoms with E-state index in [9.17, 15) is 18.4 Å². The van der Waals surface area contributed by atoms with E-state index in [0.29, 0.717) is 37.9 Å². The van der Waals surface area contributed by atoms with Gasteiger partial charge in [0.15, 0.2) is 11.6 Å². The standard InChI is InChI=1S/C19H21F2NO3/c20-15-2-1-14(10-16(15)21)9-13-3-7-22(8-4-13)17(23)11-19(5-6-19)12-18(24)25/h1-2,9-10H,3-8,11-12H2,(H,24,25). The molecule has 134 valence electrons. The fourth-order valence-electron chi connectivity index (χ4n) is 3.37. The minimum absolute atomic E-state index is 0.0191. The van der Waals surface area contributed by atoms with E-state index < -0.39 is 17.6 Å². The maximum atomic E-state index is 13.3. The highest BCUT2D eigenvalue weighted by Crippen LogP contribution is 2.52. The molecule has 0 unspecified atom stereocenters. The van der Waals surface area contributed by atoms with E-state index >= 15 is 0 Å². The highest BCUT2D eigenvalue weighted by atomic mass is 19.2. The molecule has 4 nitrogen and oxygen atoms in total. The van der Waals surface area contributed by atoms with Crippen molar-refractivity contribution in [1.29, 1.82) is 0 Å². The van der Waals surface area contributed by atoms with Crippen LogP contribution in [-0.4, -0.2) is 35.0 Å². The number of carboxylic acids is 1. The molecular formula is C19H21F2NO3. The minimum Gasteiger partial charge on any atom is -0.481 e. The van der Waals surface area contributed by atoms with Crippen LogP contribution in [0.15, 0.2) is 23.8 Å². The topological polar surface area (TPSA) is 57.6 Å². The molecule has 1 N–H and O–H groups in total. The molecule has 0 spiro atoms. The van der Waals surface area contributed by atoms with Crippen LogP contribution >= 0.6 is 0 Å². The van der Waals surface area contributed by atoms with Crippen molar-refractivity contribution in [2.24, 2.45) is 5.41 Å². The molecule has 3 rings (SSSR count). The van der Waals surface area contributed by atoms with Crippen LogP contribution in [-0.2, 0) is 9.59 Å². The fourth-order valence-corrected chi connectivity index (χ4v) is 3.37. The first-order valence-corrected chi connectivity index (χ1v) is 8.51. The number of nitrogens with zero attached hydrogens (tertiary/aromatic N) is 1. The monoisotopic (exact) mass is 349 g/mol. The van der Waals surface area contributed by atoms with E-state index in [-0.39, 0.29) is 17.7 Å². The van der Waals surface area contributed by atoms with Gasteiger partial charge in [-0.05, 0) is 48.8 Å². The molecule has 0 bridgehead atoms. The zero-order chi connectivity index (χ0) is 18.0. The second kappa shape index (κ2) is 6.94. The molecule has 1 aromatic rings. The average Bonchev–Trinajstić information content (AvgIpc) is 3.29. The van der Waals surface area contributed by atoms with Gasteiger partial charge in [-0.15, -0.1) is 0 Å². The summed E-state index contributed by atoms with van der Waals surface area (Å²) < 4.78 is 26.2. The molecule has 1 saturated carbocycles. The SMILES string of the molecule is O=C(O)CC1(CC(=O)N2CCC(=Cc3ccc(F)c(F)c3)CC2)CC1. The molecule has 0 atom stereocenters. The first kappa shape index (κ1) is 17.6. The summed E-state index contributed by atoms with van der Waals surface area (Å²) in [5, 5.41) is 8.94. The van der Waals surface area contributed by atoms with Crippen molar-refractivity contribution in [2.45, 2.75) is 38.5 Å². The lowest BCUT2D eigenvalue weighted by Gasteiger charge is -2.30. The molecule has 1 aliphatic carbocycles. The predicted molar refractivity (Wildman–Crippen MR) is 88.7 cm³/mol. The molecule has 2 fully saturated rings. The van der Waals surface area contributed by atoms with Gasteiger partial charge in [-0.1, -0.05) is 17.7 Å². The number of aliphatic carboxylic acids is 1. The summed E-state index contributed by atoms with van der Waals surface area (Å²) in [5.74, 6) is -2.56. The molecule has 1 amide bonds.